The molecule has 26 heavy (non-hydrogen) atoms. The van der Waals surface area contributed by atoms with Crippen LogP contribution in [0.2, 0.25) is 0 Å². The Morgan fingerprint density at radius 1 is 1.38 bits per heavy atom. The van der Waals surface area contributed by atoms with Crippen molar-refractivity contribution in [3.8, 4) is 11.4 Å². The van der Waals surface area contributed by atoms with Crippen molar-refractivity contribution in [3.05, 3.63) is 47.8 Å². The standard InChI is InChI=1S/C19H24N4O2S/c1-3-11-22-17(15-7-5-4-6-8-15)20-23(19(22)26)14-21-12-9-16(10-13-21)18(24)25-2/h3-8,16H,1,9-14H2,2H3/p+1. The number of aromatic nitrogens is 3. The minimum Gasteiger partial charge on any atom is -0.469 e. The fraction of sp³-hybridized carbons (Fsp3) is 0.421. The van der Waals surface area contributed by atoms with Crippen LogP contribution in [0.25, 0.3) is 11.4 Å². The van der Waals surface area contributed by atoms with Gasteiger partial charge in [-0.05, 0) is 12.2 Å². The Bertz CT molecular complexity index is 820. The van der Waals surface area contributed by atoms with Gasteiger partial charge in [-0.15, -0.1) is 11.7 Å². The monoisotopic (exact) mass is 373 g/mol. The van der Waals surface area contributed by atoms with E-state index in [4.69, 9.17) is 22.1 Å². The normalized spacial score (nSPS) is 19.9. The van der Waals surface area contributed by atoms with Gasteiger partial charge < -0.3 is 9.64 Å². The Labute approximate surface area is 158 Å². The molecule has 0 atom stereocenters. The number of piperidine rings is 1. The summed E-state index contributed by atoms with van der Waals surface area (Å²) < 4.78 is 9.47. The summed E-state index contributed by atoms with van der Waals surface area (Å²) in [7, 11) is 1.46. The number of ether oxygens (including phenoxy) is 1. The fourth-order valence-corrected chi connectivity index (χ4v) is 3.70. The number of carbonyl (C=O) groups is 1. The van der Waals surface area contributed by atoms with E-state index >= 15 is 0 Å². The van der Waals surface area contributed by atoms with Crippen LogP contribution in [0.1, 0.15) is 12.8 Å². The number of methoxy groups -OCH3 is 1. The van der Waals surface area contributed by atoms with Crippen LogP contribution in [0, 0.1) is 10.7 Å². The highest BCUT2D eigenvalue weighted by atomic mass is 32.1. The van der Waals surface area contributed by atoms with Gasteiger partial charge in [0, 0.05) is 24.9 Å². The van der Waals surface area contributed by atoms with Crippen molar-refractivity contribution in [2.45, 2.75) is 26.1 Å². The van der Waals surface area contributed by atoms with E-state index < -0.39 is 0 Å². The average Bonchev–Trinajstić information content (AvgIpc) is 2.99. The SMILES string of the molecule is C=CCn1c(-c2ccccc2)nn(C[NH+]2CCC(C(=O)OC)CC2)c1=S. The van der Waals surface area contributed by atoms with Crippen molar-refractivity contribution in [2.24, 2.45) is 5.92 Å². The maximum absolute atomic E-state index is 11.7. The van der Waals surface area contributed by atoms with Gasteiger partial charge in [-0.1, -0.05) is 36.4 Å². The molecule has 0 radical (unpaired) electrons. The highest BCUT2D eigenvalue weighted by molar-refractivity contribution is 7.71. The molecule has 7 heteroatoms. The predicted octanol–water partition coefficient (Wildman–Crippen LogP) is 1.69. The van der Waals surface area contributed by atoms with Crippen LogP contribution in [0.5, 0.6) is 0 Å². The van der Waals surface area contributed by atoms with Gasteiger partial charge in [-0.3, -0.25) is 9.36 Å². The molecule has 0 amide bonds. The smallest absolute Gasteiger partial charge is 0.309 e. The van der Waals surface area contributed by atoms with Crippen LogP contribution in [0.15, 0.2) is 43.0 Å². The predicted molar refractivity (Wildman–Crippen MR) is 102 cm³/mol. The van der Waals surface area contributed by atoms with Gasteiger partial charge >= 0.3 is 5.97 Å². The van der Waals surface area contributed by atoms with Crippen LogP contribution < -0.4 is 4.90 Å². The van der Waals surface area contributed by atoms with E-state index in [1.165, 1.54) is 12.0 Å². The van der Waals surface area contributed by atoms with Crippen molar-refractivity contribution in [1.29, 1.82) is 0 Å². The lowest BCUT2D eigenvalue weighted by Gasteiger charge is -2.27. The summed E-state index contributed by atoms with van der Waals surface area (Å²) in [4.78, 5) is 13.1. The zero-order valence-electron chi connectivity index (χ0n) is 15.1. The molecule has 1 N–H and O–H groups in total. The van der Waals surface area contributed by atoms with Gasteiger partial charge in [0.25, 0.3) is 0 Å². The Hall–Kier alpha value is -2.25. The van der Waals surface area contributed by atoms with Crippen LogP contribution in [-0.2, 0) is 22.7 Å². The number of hydrogen-bond acceptors (Lipinski definition) is 4. The van der Waals surface area contributed by atoms with Crippen molar-refractivity contribution in [2.75, 3.05) is 20.2 Å². The summed E-state index contributed by atoms with van der Waals surface area (Å²) in [5.41, 5.74) is 1.04. The second kappa shape index (κ2) is 8.42. The molecular weight excluding hydrogens is 348 g/mol. The van der Waals surface area contributed by atoms with Crippen LogP contribution >= 0.6 is 12.2 Å². The lowest BCUT2D eigenvalue weighted by atomic mass is 9.97. The largest absolute Gasteiger partial charge is 0.469 e. The Morgan fingerprint density at radius 2 is 2.08 bits per heavy atom. The minimum atomic E-state index is -0.0951. The minimum absolute atomic E-state index is 0.0231. The maximum Gasteiger partial charge on any atom is 0.309 e. The third-order valence-electron chi connectivity index (χ3n) is 4.87. The maximum atomic E-state index is 11.7. The number of nitrogens with zero attached hydrogens (tertiary/aromatic N) is 3. The molecule has 2 heterocycles. The average molecular weight is 374 g/mol. The van der Waals surface area contributed by atoms with Crippen LogP contribution in [0.3, 0.4) is 0 Å². The topological polar surface area (TPSA) is 53.5 Å². The summed E-state index contributed by atoms with van der Waals surface area (Å²) in [6.07, 6.45) is 3.52. The van der Waals surface area contributed by atoms with E-state index in [0.29, 0.717) is 18.0 Å². The van der Waals surface area contributed by atoms with E-state index in [-0.39, 0.29) is 11.9 Å². The molecule has 1 aliphatic rings. The van der Waals surface area contributed by atoms with Crippen molar-refractivity contribution in [3.63, 3.8) is 0 Å². The number of rotatable bonds is 6. The Kier molecular flexibility index (Phi) is 6.00. The first-order valence-electron chi connectivity index (χ1n) is 8.89. The van der Waals surface area contributed by atoms with Gasteiger partial charge in [0.15, 0.2) is 12.5 Å². The van der Waals surface area contributed by atoms with E-state index in [1.807, 2.05) is 45.7 Å². The molecule has 0 spiro atoms. The van der Waals surface area contributed by atoms with Gasteiger partial charge in [0.1, 0.15) is 0 Å². The van der Waals surface area contributed by atoms with Crippen molar-refractivity contribution < 1.29 is 14.4 Å². The molecule has 3 rings (SSSR count). The second-order valence-corrected chi connectivity index (χ2v) is 6.94. The molecule has 0 saturated carbocycles. The number of esters is 1. The molecule has 1 aliphatic heterocycles. The fourth-order valence-electron chi connectivity index (χ4n) is 3.44. The highest BCUT2D eigenvalue weighted by Gasteiger charge is 2.28. The zero-order chi connectivity index (χ0) is 18.5. The van der Waals surface area contributed by atoms with Gasteiger partial charge in [-0.25, -0.2) is 0 Å². The number of allylic oxidation sites excluding steroid dienone is 1. The molecule has 1 aromatic heterocycles. The number of benzene rings is 1. The summed E-state index contributed by atoms with van der Waals surface area (Å²) >= 11 is 5.66. The van der Waals surface area contributed by atoms with Crippen LogP contribution in [0.4, 0.5) is 0 Å². The second-order valence-electron chi connectivity index (χ2n) is 6.58. The first kappa shape index (κ1) is 18.5. The number of nitrogens with one attached hydrogen (secondary N) is 1. The summed E-state index contributed by atoms with van der Waals surface area (Å²) in [6, 6.07) is 10.1. The molecule has 138 valence electrons. The summed E-state index contributed by atoms with van der Waals surface area (Å²) in [6.45, 7) is 7.00. The third kappa shape index (κ3) is 3.94. The molecule has 0 bridgehead atoms. The molecule has 0 aliphatic carbocycles. The van der Waals surface area contributed by atoms with Gasteiger partial charge in [0.2, 0.25) is 4.77 Å². The summed E-state index contributed by atoms with van der Waals surface area (Å²) in [5.74, 6) is 0.788. The van der Waals surface area contributed by atoms with Crippen molar-refractivity contribution >= 4 is 18.2 Å². The van der Waals surface area contributed by atoms with Crippen LogP contribution in [-0.4, -0.2) is 40.5 Å². The highest BCUT2D eigenvalue weighted by Crippen LogP contribution is 2.18. The first-order valence-corrected chi connectivity index (χ1v) is 9.30. The Balaban J connectivity index is 1.78. The molecule has 1 saturated heterocycles. The van der Waals surface area contributed by atoms with Crippen molar-refractivity contribution in [1.82, 2.24) is 14.3 Å². The number of hydrogen-bond donors (Lipinski definition) is 1. The lowest BCUT2D eigenvalue weighted by Crippen LogP contribution is -3.12. The van der Waals surface area contributed by atoms with E-state index in [9.17, 15) is 4.79 Å². The molecule has 0 unspecified atom stereocenters. The third-order valence-corrected chi connectivity index (χ3v) is 5.30. The number of likely N-dealkylation sites (tertiary alicyclic amines) is 1. The Morgan fingerprint density at radius 3 is 2.69 bits per heavy atom. The molecule has 1 fully saturated rings. The van der Waals surface area contributed by atoms with E-state index in [1.54, 1.807) is 0 Å². The molecule has 2 aromatic rings. The summed E-state index contributed by atoms with van der Waals surface area (Å²) in [5, 5.41) is 4.78. The molecule has 6 nitrogen and oxygen atoms in total. The van der Waals surface area contributed by atoms with Gasteiger partial charge in [-0.2, -0.15) is 4.68 Å². The van der Waals surface area contributed by atoms with E-state index in [0.717, 1.165) is 37.3 Å². The number of quaternary nitrogens is 1. The first-order chi connectivity index (χ1) is 12.6. The quantitative estimate of drug-likeness (QED) is 0.476. The van der Waals surface area contributed by atoms with Gasteiger partial charge in [0.05, 0.1) is 26.1 Å². The lowest BCUT2D eigenvalue weighted by molar-refractivity contribution is -0.929. The molecular formula is C19H25N4O2S+. The number of carbonyl (C=O) groups excluding carboxylic acids is 1. The molecule has 1 aromatic carbocycles. The zero-order valence-corrected chi connectivity index (χ0v) is 15.9. The van der Waals surface area contributed by atoms with E-state index in [2.05, 4.69) is 6.58 Å².